The Bertz CT molecular complexity index is 328. The number of hydrogen-bond acceptors (Lipinski definition) is 3. The van der Waals surface area contributed by atoms with Crippen molar-refractivity contribution in [1.82, 2.24) is 0 Å². The summed E-state index contributed by atoms with van der Waals surface area (Å²) in [6.07, 6.45) is -2.00. The van der Waals surface area contributed by atoms with Gasteiger partial charge in [-0.25, -0.2) is 0 Å². The molecule has 0 amide bonds. The van der Waals surface area contributed by atoms with Crippen LogP contribution in [0.25, 0.3) is 0 Å². The van der Waals surface area contributed by atoms with Crippen LogP contribution in [-0.4, -0.2) is 29.3 Å². The van der Waals surface area contributed by atoms with E-state index in [1.807, 2.05) is 13.0 Å². The van der Waals surface area contributed by atoms with Crippen molar-refractivity contribution >= 4 is 11.6 Å². The normalized spacial score (nSPS) is 14.7. The van der Waals surface area contributed by atoms with Crippen LogP contribution in [0.3, 0.4) is 0 Å². The van der Waals surface area contributed by atoms with E-state index in [9.17, 15) is 10.2 Å². The van der Waals surface area contributed by atoms with E-state index in [1.165, 1.54) is 7.11 Å². The summed E-state index contributed by atoms with van der Waals surface area (Å²) in [6, 6.07) is 5.39. The monoisotopic (exact) mass is 230 g/mol. The van der Waals surface area contributed by atoms with Gasteiger partial charge in [0.2, 0.25) is 0 Å². The molecule has 0 aliphatic rings. The molecule has 2 unspecified atom stereocenters. The lowest BCUT2D eigenvalue weighted by Crippen LogP contribution is -2.20. The topological polar surface area (TPSA) is 49.7 Å². The molecule has 1 rings (SSSR count). The zero-order valence-corrected chi connectivity index (χ0v) is 9.53. The molecule has 0 saturated heterocycles. The van der Waals surface area contributed by atoms with Crippen LogP contribution in [0.4, 0.5) is 0 Å². The predicted molar refractivity (Wildman–Crippen MR) is 59.4 cm³/mol. The number of benzene rings is 1. The van der Waals surface area contributed by atoms with Crippen molar-refractivity contribution in [3.8, 4) is 5.75 Å². The van der Waals surface area contributed by atoms with Gasteiger partial charge in [-0.05, 0) is 18.6 Å². The molecule has 0 heterocycles. The van der Waals surface area contributed by atoms with Gasteiger partial charge in [-0.15, -0.1) is 11.6 Å². The lowest BCUT2D eigenvalue weighted by atomic mass is 10.0. The number of halogens is 1. The molecule has 0 spiro atoms. The van der Waals surface area contributed by atoms with Crippen LogP contribution in [0.15, 0.2) is 18.2 Å². The van der Waals surface area contributed by atoms with Crippen LogP contribution in [-0.2, 0) is 0 Å². The van der Waals surface area contributed by atoms with Gasteiger partial charge in [0, 0.05) is 5.56 Å². The predicted octanol–water partition coefficient (Wildman–Crippen LogP) is 1.64. The number of hydrogen-bond donors (Lipinski definition) is 2. The summed E-state index contributed by atoms with van der Waals surface area (Å²) in [5.41, 5.74) is 1.58. The smallest absolute Gasteiger partial charge is 0.125 e. The fourth-order valence-corrected chi connectivity index (χ4v) is 1.52. The molecule has 0 bridgehead atoms. The summed E-state index contributed by atoms with van der Waals surface area (Å²) >= 11 is 5.47. The number of methoxy groups -OCH3 is 1. The minimum atomic E-state index is -1.02. The molecule has 0 radical (unpaired) electrons. The van der Waals surface area contributed by atoms with Gasteiger partial charge in [0.25, 0.3) is 0 Å². The Morgan fingerprint density at radius 2 is 2.07 bits per heavy atom. The fraction of sp³-hybridized carbons (Fsp3) is 0.455. The molecule has 84 valence electrons. The third-order valence-corrected chi connectivity index (χ3v) is 2.55. The van der Waals surface area contributed by atoms with Crippen LogP contribution in [0.2, 0.25) is 0 Å². The van der Waals surface area contributed by atoms with Gasteiger partial charge in [-0.2, -0.15) is 0 Å². The SMILES string of the molecule is COc1cc(C)ccc1C(O)C(O)CCl. The van der Waals surface area contributed by atoms with Gasteiger partial charge in [0.05, 0.1) is 19.1 Å². The summed E-state index contributed by atoms with van der Waals surface area (Å²) in [7, 11) is 1.53. The van der Waals surface area contributed by atoms with Crippen molar-refractivity contribution in [1.29, 1.82) is 0 Å². The second-order valence-electron chi connectivity index (χ2n) is 3.41. The van der Waals surface area contributed by atoms with Crippen LogP contribution < -0.4 is 4.74 Å². The molecule has 0 saturated carbocycles. The molecule has 2 N–H and O–H groups in total. The van der Waals surface area contributed by atoms with Crippen molar-refractivity contribution in [3.05, 3.63) is 29.3 Å². The highest BCUT2D eigenvalue weighted by Crippen LogP contribution is 2.28. The Morgan fingerprint density at radius 1 is 1.40 bits per heavy atom. The average Bonchev–Trinajstić information content (AvgIpc) is 2.26. The Morgan fingerprint density at radius 3 is 2.60 bits per heavy atom. The van der Waals surface area contributed by atoms with E-state index in [1.54, 1.807) is 12.1 Å². The van der Waals surface area contributed by atoms with Gasteiger partial charge >= 0.3 is 0 Å². The number of aryl methyl sites for hydroxylation is 1. The van der Waals surface area contributed by atoms with E-state index in [2.05, 4.69) is 0 Å². The highest BCUT2D eigenvalue weighted by Gasteiger charge is 2.20. The highest BCUT2D eigenvalue weighted by atomic mass is 35.5. The molecule has 0 aliphatic heterocycles. The first-order valence-corrected chi connectivity index (χ1v) is 5.20. The third kappa shape index (κ3) is 2.84. The molecule has 4 heteroatoms. The largest absolute Gasteiger partial charge is 0.496 e. The van der Waals surface area contributed by atoms with Gasteiger partial charge in [-0.3, -0.25) is 0 Å². The highest BCUT2D eigenvalue weighted by molar-refractivity contribution is 6.18. The van der Waals surface area contributed by atoms with Gasteiger partial charge < -0.3 is 14.9 Å². The molecule has 0 aliphatic carbocycles. The first-order valence-electron chi connectivity index (χ1n) is 4.66. The second-order valence-corrected chi connectivity index (χ2v) is 3.72. The fourth-order valence-electron chi connectivity index (χ4n) is 1.35. The van der Waals surface area contributed by atoms with Crippen molar-refractivity contribution in [2.24, 2.45) is 0 Å². The molecule has 2 atom stereocenters. The maximum atomic E-state index is 9.78. The van der Waals surface area contributed by atoms with Crippen LogP contribution >= 0.6 is 11.6 Å². The van der Waals surface area contributed by atoms with Gasteiger partial charge in [0.15, 0.2) is 0 Å². The Kier molecular flexibility index (Phi) is 4.39. The summed E-state index contributed by atoms with van der Waals surface area (Å²) in [5, 5.41) is 19.2. The zero-order chi connectivity index (χ0) is 11.4. The van der Waals surface area contributed by atoms with Crippen molar-refractivity contribution in [3.63, 3.8) is 0 Å². The number of aliphatic hydroxyl groups is 2. The van der Waals surface area contributed by atoms with Crippen molar-refractivity contribution in [2.75, 3.05) is 13.0 Å². The zero-order valence-electron chi connectivity index (χ0n) is 8.77. The molecule has 0 fully saturated rings. The van der Waals surface area contributed by atoms with E-state index in [4.69, 9.17) is 16.3 Å². The first-order chi connectivity index (χ1) is 7.10. The molecule has 15 heavy (non-hydrogen) atoms. The number of ether oxygens (including phenoxy) is 1. The van der Waals surface area contributed by atoms with E-state index >= 15 is 0 Å². The van der Waals surface area contributed by atoms with E-state index in [0.29, 0.717) is 11.3 Å². The Hall–Kier alpha value is -0.770. The lowest BCUT2D eigenvalue weighted by Gasteiger charge is -2.18. The van der Waals surface area contributed by atoms with Crippen LogP contribution in [0.5, 0.6) is 5.75 Å². The van der Waals surface area contributed by atoms with Crippen molar-refractivity contribution < 1.29 is 14.9 Å². The van der Waals surface area contributed by atoms with Crippen LogP contribution in [0, 0.1) is 6.92 Å². The minimum absolute atomic E-state index is 0.0157. The van der Waals surface area contributed by atoms with Crippen molar-refractivity contribution in [2.45, 2.75) is 19.1 Å². The first kappa shape index (κ1) is 12.3. The maximum absolute atomic E-state index is 9.78. The van der Waals surface area contributed by atoms with Gasteiger partial charge in [-0.1, -0.05) is 12.1 Å². The second kappa shape index (κ2) is 5.35. The minimum Gasteiger partial charge on any atom is -0.496 e. The standard InChI is InChI=1S/C11H15ClO3/c1-7-3-4-8(10(5-7)15-2)11(14)9(13)6-12/h3-5,9,11,13-14H,6H2,1-2H3. The molecule has 3 nitrogen and oxygen atoms in total. The number of alkyl halides is 1. The van der Waals surface area contributed by atoms with E-state index in [0.717, 1.165) is 5.56 Å². The summed E-state index contributed by atoms with van der Waals surface area (Å²) in [4.78, 5) is 0. The summed E-state index contributed by atoms with van der Waals surface area (Å²) in [5.74, 6) is 0.546. The third-order valence-electron chi connectivity index (χ3n) is 2.23. The maximum Gasteiger partial charge on any atom is 0.125 e. The Labute approximate surface area is 94.3 Å². The lowest BCUT2D eigenvalue weighted by molar-refractivity contribution is 0.0312. The van der Waals surface area contributed by atoms with Crippen LogP contribution in [0.1, 0.15) is 17.2 Å². The Balaban J connectivity index is 3.02. The van der Waals surface area contributed by atoms with E-state index in [-0.39, 0.29) is 5.88 Å². The molecular weight excluding hydrogens is 216 g/mol. The number of rotatable bonds is 4. The average molecular weight is 231 g/mol. The molecule has 1 aromatic rings. The van der Waals surface area contributed by atoms with Gasteiger partial charge in [0.1, 0.15) is 11.9 Å². The summed E-state index contributed by atoms with van der Waals surface area (Å²) < 4.78 is 5.13. The van der Waals surface area contributed by atoms with E-state index < -0.39 is 12.2 Å². The molecule has 1 aromatic carbocycles. The molecule has 0 aromatic heterocycles. The molecular formula is C11H15ClO3. The number of aliphatic hydroxyl groups excluding tert-OH is 2. The quantitative estimate of drug-likeness (QED) is 0.774. The summed E-state index contributed by atoms with van der Waals surface area (Å²) in [6.45, 7) is 1.93.